The smallest absolute Gasteiger partial charge is 0.329 e. The summed E-state index contributed by atoms with van der Waals surface area (Å²) in [6.45, 7) is 6.95. The molecule has 1 aromatic carbocycles. The molecule has 1 aromatic rings. The number of rotatable bonds is 7. The van der Waals surface area contributed by atoms with Crippen molar-refractivity contribution in [3.8, 4) is 5.75 Å². The molecular weight excluding hydrogens is 270 g/mol. The Morgan fingerprint density at radius 2 is 1.81 bits per heavy atom. The second kappa shape index (κ2) is 7.11. The quantitative estimate of drug-likeness (QED) is 0.839. The molecule has 1 unspecified atom stereocenters. The lowest BCUT2D eigenvalue weighted by atomic mass is 10.0. The predicted octanol–water partition coefficient (Wildman–Crippen LogP) is 2.56. The highest BCUT2D eigenvalue weighted by molar-refractivity contribution is 5.88. The first-order valence-corrected chi connectivity index (χ1v) is 7.11. The maximum atomic E-state index is 12.6. The highest BCUT2D eigenvalue weighted by Crippen LogP contribution is 2.20. The van der Waals surface area contributed by atoms with Gasteiger partial charge in [0.05, 0.1) is 0 Å². The van der Waals surface area contributed by atoms with Gasteiger partial charge in [-0.15, -0.1) is 0 Å². The van der Waals surface area contributed by atoms with E-state index < -0.39 is 17.6 Å². The second-order valence-electron chi connectivity index (χ2n) is 5.27. The molecule has 5 nitrogen and oxygen atoms in total. The van der Waals surface area contributed by atoms with Gasteiger partial charge in [0.25, 0.3) is 5.91 Å². The van der Waals surface area contributed by atoms with Crippen molar-refractivity contribution in [1.82, 2.24) is 4.90 Å². The van der Waals surface area contributed by atoms with E-state index in [0.717, 1.165) is 0 Å². The maximum Gasteiger partial charge on any atom is 0.329 e. The Labute approximate surface area is 125 Å². The molecule has 116 valence electrons. The average Bonchev–Trinajstić information content (AvgIpc) is 2.46. The number of amides is 1. The van der Waals surface area contributed by atoms with E-state index in [1.807, 2.05) is 25.1 Å². The minimum absolute atomic E-state index is 0.309. The number of carboxylic acids is 1. The van der Waals surface area contributed by atoms with Crippen LogP contribution in [0.4, 0.5) is 0 Å². The Morgan fingerprint density at radius 3 is 2.24 bits per heavy atom. The number of nitrogens with zero attached hydrogens (tertiary/aromatic N) is 1. The number of para-hydroxylation sites is 1. The summed E-state index contributed by atoms with van der Waals surface area (Å²) in [6.07, 6.45) is -0.217. The summed E-state index contributed by atoms with van der Waals surface area (Å²) in [4.78, 5) is 25.3. The number of carbonyl (C=O) groups is 2. The van der Waals surface area contributed by atoms with Gasteiger partial charge in [0.2, 0.25) is 0 Å². The molecule has 0 aliphatic carbocycles. The predicted molar refractivity (Wildman–Crippen MR) is 80.3 cm³/mol. The van der Waals surface area contributed by atoms with Crippen LogP contribution in [0.2, 0.25) is 0 Å². The fourth-order valence-electron chi connectivity index (χ4n) is 2.09. The SMILES string of the molecule is CCC(Oc1ccccc1)C(=O)N(CC)C(C)(C)C(=O)O. The Balaban J connectivity index is 2.93. The molecule has 0 aliphatic rings. The highest BCUT2D eigenvalue weighted by Gasteiger charge is 2.39. The summed E-state index contributed by atoms with van der Waals surface area (Å²) in [7, 11) is 0. The topological polar surface area (TPSA) is 66.8 Å². The Hall–Kier alpha value is -2.04. The van der Waals surface area contributed by atoms with Crippen LogP contribution in [0.25, 0.3) is 0 Å². The molecule has 1 atom stereocenters. The van der Waals surface area contributed by atoms with Crippen molar-refractivity contribution in [2.45, 2.75) is 45.8 Å². The number of likely N-dealkylation sites (N-methyl/N-ethyl adjacent to an activating group) is 1. The number of carbonyl (C=O) groups excluding carboxylic acids is 1. The minimum Gasteiger partial charge on any atom is -0.481 e. The second-order valence-corrected chi connectivity index (χ2v) is 5.27. The summed E-state index contributed by atoms with van der Waals surface area (Å²) in [5.41, 5.74) is -1.26. The summed E-state index contributed by atoms with van der Waals surface area (Å²) < 4.78 is 5.70. The van der Waals surface area contributed by atoms with Gasteiger partial charge in [-0.3, -0.25) is 4.79 Å². The van der Waals surface area contributed by atoms with Gasteiger partial charge in [-0.2, -0.15) is 0 Å². The third-order valence-corrected chi connectivity index (χ3v) is 3.45. The normalized spacial score (nSPS) is 12.6. The van der Waals surface area contributed by atoms with Crippen molar-refractivity contribution in [3.05, 3.63) is 30.3 Å². The molecular formula is C16H23NO4. The van der Waals surface area contributed by atoms with Gasteiger partial charge in [0.15, 0.2) is 6.10 Å². The number of hydrogen-bond acceptors (Lipinski definition) is 3. The molecule has 0 saturated carbocycles. The zero-order valence-electron chi connectivity index (χ0n) is 13.0. The van der Waals surface area contributed by atoms with E-state index >= 15 is 0 Å². The Kier molecular flexibility index (Phi) is 5.76. The van der Waals surface area contributed by atoms with Crippen LogP contribution in [0.5, 0.6) is 5.75 Å². The monoisotopic (exact) mass is 293 g/mol. The molecule has 5 heteroatoms. The molecule has 0 radical (unpaired) electrons. The van der Waals surface area contributed by atoms with Gasteiger partial charge in [0, 0.05) is 6.54 Å². The molecule has 1 N–H and O–H groups in total. The van der Waals surface area contributed by atoms with Crippen LogP contribution in [-0.4, -0.2) is 40.1 Å². The molecule has 1 amide bonds. The standard InChI is InChI=1S/C16H23NO4/c1-5-13(21-12-10-8-7-9-11-12)14(18)17(6-2)16(3,4)15(19)20/h7-11,13H,5-6H2,1-4H3,(H,19,20). The first-order valence-electron chi connectivity index (χ1n) is 7.11. The van der Waals surface area contributed by atoms with Crippen LogP contribution in [0.15, 0.2) is 30.3 Å². The van der Waals surface area contributed by atoms with Gasteiger partial charge >= 0.3 is 5.97 Å². The summed E-state index contributed by atoms with van der Waals surface area (Å²) in [5, 5.41) is 9.30. The Bertz CT molecular complexity index is 484. The number of carboxylic acid groups (broad SMARTS) is 1. The fraction of sp³-hybridized carbons (Fsp3) is 0.500. The molecule has 0 saturated heterocycles. The third kappa shape index (κ3) is 3.97. The summed E-state index contributed by atoms with van der Waals surface area (Å²) >= 11 is 0. The molecule has 0 bridgehead atoms. The van der Waals surface area contributed by atoms with Crippen molar-refractivity contribution in [2.24, 2.45) is 0 Å². The van der Waals surface area contributed by atoms with Crippen molar-refractivity contribution in [3.63, 3.8) is 0 Å². The van der Waals surface area contributed by atoms with Crippen LogP contribution in [0, 0.1) is 0 Å². The number of benzene rings is 1. The maximum absolute atomic E-state index is 12.6. The van der Waals surface area contributed by atoms with Crippen molar-refractivity contribution in [1.29, 1.82) is 0 Å². The van der Waals surface area contributed by atoms with Crippen LogP contribution in [0.1, 0.15) is 34.1 Å². The van der Waals surface area contributed by atoms with Gasteiger partial charge < -0.3 is 14.7 Å². The molecule has 0 spiro atoms. The summed E-state index contributed by atoms with van der Waals surface area (Å²) in [6, 6.07) is 9.06. The van der Waals surface area contributed by atoms with Crippen LogP contribution >= 0.6 is 0 Å². The lowest BCUT2D eigenvalue weighted by Crippen LogP contribution is -2.56. The zero-order chi connectivity index (χ0) is 16.0. The average molecular weight is 293 g/mol. The van der Waals surface area contributed by atoms with Crippen molar-refractivity contribution >= 4 is 11.9 Å². The van der Waals surface area contributed by atoms with Crippen LogP contribution < -0.4 is 4.74 Å². The van der Waals surface area contributed by atoms with E-state index in [0.29, 0.717) is 18.7 Å². The van der Waals surface area contributed by atoms with E-state index in [-0.39, 0.29) is 5.91 Å². The van der Waals surface area contributed by atoms with Crippen LogP contribution in [-0.2, 0) is 9.59 Å². The Morgan fingerprint density at radius 1 is 1.24 bits per heavy atom. The lowest BCUT2D eigenvalue weighted by molar-refractivity contribution is -0.159. The van der Waals surface area contributed by atoms with Crippen molar-refractivity contribution in [2.75, 3.05) is 6.54 Å². The van der Waals surface area contributed by atoms with Gasteiger partial charge in [-0.1, -0.05) is 25.1 Å². The lowest BCUT2D eigenvalue weighted by Gasteiger charge is -2.36. The number of ether oxygens (including phenoxy) is 1. The first-order chi connectivity index (χ1) is 9.84. The first kappa shape index (κ1) is 17.0. The van der Waals surface area contributed by atoms with E-state index in [2.05, 4.69) is 0 Å². The molecule has 0 aliphatic heterocycles. The molecule has 0 fully saturated rings. The van der Waals surface area contributed by atoms with Crippen LogP contribution in [0.3, 0.4) is 0 Å². The molecule has 21 heavy (non-hydrogen) atoms. The fourth-order valence-corrected chi connectivity index (χ4v) is 2.09. The van der Waals surface area contributed by atoms with E-state index in [1.165, 1.54) is 18.7 Å². The molecule has 1 rings (SSSR count). The molecule has 0 heterocycles. The molecule has 0 aromatic heterocycles. The van der Waals surface area contributed by atoms with E-state index in [9.17, 15) is 14.7 Å². The number of aliphatic carboxylic acids is 1. The highest BCUT2D eigenvalue weighted by atomic mass is 16.5. The van der Waals surface area contributed by atoms with Gasteiger partial charge in [-0.05, 0) is 39.3 Å². The van der Waals surface area contributed by atoms with Gasteiger partial charge in [0.1, 0.15) is 11.3 Å². The minimum atomic E-state index is -1.26. The largest absolute Gasteiger partial charge is 0.481 e. The summed E-state index contributed by atoms with van der Waals surface area (Å²) in [5.74, 6) is -0.745. The van der Waals surface area contributed by atoms with Gasteiger partial charge in [-0.25, -0.2) is 4.79 Å². The third-order valence-electron chi connectivity index (χ3n) is 3.45. The van der Waals surface area contributed by atoms with Crippen molar-refractivity contribution < 1.29 is 19.4 Å². The number of hydrogen-bond donors (Lipinski definition) is 1. The van der Waals surface area contributed by atoms with E-state index in [4.69, 9.17) is 4.74 Å². The van der Waals surface area contributed by atoms with E-state index in [1.54, 1.807) is 19.1 Å². The zero-order valence-corrected chi connectivity index (χ0v) is 13.0.